The Morgan fingerprint density at radius 3 is 2.43 bits per heavy atom. The Bertz CT molecular complexity index is 493. The first-order chi connectivity index (χ1) is 6.74. The molecule has 0 saturated carbocycles. The van der Waals surface area contributed by atoms with E-state index in [2.05, 4.69) is 6.58 Å². The zero-order chi connectivity index (χ0) is 10.1. The minimum Gasteiger partial charge on any atom is -0.507 e. The number of rotatable bonds is 1. The zero-order valence-corrected chi connectivity index (χ0v) is 7.57. The first kappa shape index (κ1) is 8.63. The highest BCUT2D eigenvalue weighted by molar-refractivity contribution is 5.98. The van der Waals surface area contributed by atoms with Gasteiger partial charge in [0, 0.05) is 0 Å². The van der Waals surface area contributed by atoms with Crippen molar-refractivity contribution in [1.29, 1.82) is 0 Å². The van der Waals surface area contributed by atoms with Crippen LogP contribution in [0.25, 0.3) is 16.8 Å². The second-order valence-corrected chi connectivity index (χ2v) is 3.08. The summed E-state index contributed by atoms with van der Waals surface area (Å²) >= 11 is 0. The van der Waals surface area contributed by atoms with E-state index in [1.807, 2.05) is 6.07 Å². The second-order valence-electron chi connectivity index (χ2n) is 3.08. The lowest BCUT2D eigenvalue weighted by Crippen LogP contribution is -1.79. The van der Waals surface area contributed by atoms with Gasteiger partial charge in [0.2, 0.25) is 0 Å². The molecule has 0 fully saturated rings. The Morgan fingerprint density at radius 2 is 1.71 bits per heavy atom. The maximum absolute atomic E-state index is 9.58. The van der Waals surface area contributed by atoms with E-state index in [9.17, 15) is 10.2 Å². The SMILES string of the molecule is C=Cc1ccc(O)c2c(O)cccc12. The molecule has 2 aromatic carbocycles. The molecule has 0 unspecified atom stereocenters. The molecule has 0 saturated heterocycles. The minimum absolute atomic E-state index is 0.0868. The van der Waals surface area contributed by atoms with Gasteiger partial charge in [-0.05, 0) is 23.1 Å². The molecule has 0 atom stereocenters. The van der Waals surface area contributed by atoms with Gasteiger partial charge in [-0.15, -0.1) is 0 Å². The van der Waals surface area contributed by atoms with Crippen molar-refractivity contribution >= 4 is 16.8 Å². The van der Waals surface area contributed by atoms with Gasteiger partial charge in [-0.1, -0.05) is 30.9 Å². The monoisotopic (exact) mass is 186 g/mol. The molecule has 70 valence electrons. The summed E-state index contributed by atoms with van der Waals surface area (Å²) in [6.07, 6.45) is 1.70. The minimum atomic E-state index is 0.0868. The average molecular weight is 186 g/mol. The number of fused-ring (bicyclic) bond motifs is 1. The van der Waals surface area contributed by atoms with E-state index in [1.165, 1.54) is 0 Å². The Hall–Kier alpha value is -1.96. The number of benzene rings is 2. The Morgan fingerprint density at radius 1 is 1.00 bits per heavy atom. The predicted octanol–water partition coefficient (Wildman–Crippen LogP) is 2.89. The van der Waals surface area contributed by atoms with Crippen molar-refractivity contribution in [3.05, 3.63) is 42.5 Å². The molecule has 0 amide bonds. The van der Waals surface area contributed by atoms with Crippen molar-refractivity contribution in [3.8, 4) is 11.5 Å². The van der Waals surface area contributed by atoms with Gasteiger partial charge in [0.1, 0.15) is 11.5 Å². The zero-order valence-electron chi connectivity index (χ0n) is 7.57. The summed E-state index contributed by atoms with van der Waals surface area (Å²) in [4.78, 5) is 0. The Labute approximate surface area is 81.7 Å². The molecule has 2 N–H and O–H groups in total. The van der Waals surface area contributed by atoms with Gasteiger partial charge in [0.05, 0.1) is 5.39 Å². The summed E-state index contributed by atoms with van der Waals surface area (Å²) < 4.78 is 0. The molecule has 2 nitrogen and oxygen atoms in total. The molecule has 2 rings (SSSR count). The van der Waals surface area contributed by atoms with Gasteiger partial charge >= 0.3 is 0 Å². The lowest BCUT2D eigenvalue weighted by atomic mass is 10.0. The Balaban J connectivity index is 2.98. The molecular weight excluding hydrogens is 176 g/mol. The van der Waals surface area contributed by atoms with Crippen molar-refractivity contribution in [3.63, 3.8) is 0 Å². The fourth-order valence-corrected chi connectivity index (χ4v) is 1.57. The average Bonchev–Trinajstić information content (AvgIpc) is 2.18. The molecule has 0 aromatic heterocycles. The topological polar surface area (TPSA) is 40.5 Å². The highest BCUT2D eigenvalue weighted by atomic mass is 16.3. The number of hydrogen-bond acceptors (Lipinski definition) is 2. The summed E-state index contributed by atoms with van der Waals surface area (Å²) in [6, 6.07) is 8.45. The van der Waals surface area contributed by atoms with E-state index in [-0.39, 0.29) is 11.5 Å². The van der Waals surface area contributed by atoms with Gasteiger partial charge in [-0.3, -0.25) is 0 Å². The predicted molar refractivity (Wildman–Crippen MR) is 57.4 cm³/mol. The third-order valence-electron chi connectivity index (χ3n) is 2.25. The molecule has 14 heavy (non-hydrogen) atoms. The maximum atomic E-state index is 9.58. The number of hydrogen-bond donors (Lipinski definition) is 2. The molecule has 0 aliphatic carbocycles. The molecular formula is C12H10O2. The van der Waals surface area contributed by atoms with Gasteiger partial charge in [-0.2, -0.15) is 0 Å². The van der Waals surface area contributed by atoms with Gasteiger partial charge in [0.25, 0.3) is 0 Å². The van der Waals surface area contributed by atoms with Crippen molar-refractivity contribution < 1.29 is 10.2 Å². The third-order valence-corrected chi connectivity index (χ3v) is 2.25. The van der Waals surface area contributed by atoms with E-state index in [0.29, 0.717) is 5.39 Å². The van der Waals surface area contributed by atoms with Crippen LogP contribution < -0.4 is 0 Å². The van der Waals surface area contributed by atoms with Crippen LogP contribution in [-0.4, -0.2) is 10.2 Å². The van der Waals surface area contributed by atoms with E-state index >= 15 is 0 Å². The second kappa shape index (κ2) is 3.07. The van der Waals surface area contributed by atoms with Crippen molar-refractivity contribution in [2.45, 2.75) is 0 Å². The summed E-state index contributed by atoms with van der Waals surface area (Å²) in [7, 11) is 0. The molecule has 0 aliphatic rings. The number of aromatic hydroxyl groups is 2. The van der Waals surface area contributed by atoms with Crippen molar-refractivity contribution in [1.82, 2.24) is 0 Å². The van der Waals surface area contributed by atoms with E-state index in [4.69, 9.17) is 0 Å². The van der Waals surface area contributed by atoms with Crippen LogP contribution in [0.4, 0.5) is 0 Å². The van der Waals surface area contributed by atoms with Crippen LogP contribution in [0.15, 0.2) is 36.9 Å². The fourth-order valence-electron chi connectivity index (χ4n) is 1.57. The van der Waals surface area contributed by atoms with Gasteiger partial charge < -0.3 is 10.2 Å². The summed E-state index contributed by atoms with van der Waals surface area (Å²) in [6.45, 7) is 3.68. The van der Waals surface area contributed by atoms with E-state index in [1.54, 1.807) is 30.3 Å². The largest absolute Gasteiger partial charge is 0.507 e. The molecule has 0 heterocycles. The van der Waals surface area contributed by atoms with Crippen LogP contribution in [0.3, 0.4) is 0 Å². The molecule has 0 aliphatic heterocycles. The molecule has 2 aromatic rings. The standard InChI is InChI=1S/C12H10O2/c1-2-8-6-7-11(14)12-9(8)4-3-5-10(12)13/h2-7,13-14H,1H2. The molecule has 2 heteroatoms. The summed E-state index contributed by atoms with van der Waals surface area (Å²) in [5.41, 5.74) is 0.897. The number of phenols is 2. The smallest absolute Gasteiger partial charge is 0.127 e. The fraction of sp³-hybridized carbons (Fsp3) is 0. The quantitative estimate of drug-likeness (QED) is 0.718. The molecule has 0 radical (unpaired) electrons. The van der Waals surface area contributed by atoms with E-state index in [0.717, 1.165) is 10.9 Å². The van der Waals surface area contributed by atoms with Crippen molar-refractivity contribution in [2.75, 3.05) is 0 Å². The van der Waals surface area contributed by atoms with Crippen LogP contribution >= 0.6 is 0 Å². The van der Waals surface area contributed by atoms with Gasteiger partial charge in [-0.25, -0.2) is 0 Å². The first-order valence-electron chi connectivity index (χ1n) is 4.30. The number of phenolic OH excluding ortho intramolecular Hbond substituents is 2. The summed E-state index contributed by atoms with van der Waals surface area (Å²) in [5, 5.41) is 20.4. The maximum Gasteiger partial charge on any atom is 0.127 e. The van der Waals surface area contributed by atoms with Crippen molar-refractivity contribution in [2.24, 2.45) is 0 Å². The first-order valence-corrected chi connectivity index (χ1v) is 4.30. The van der Waals surface area contributed by atoms with Crippen LogP contribution in [0.1, 0.15) is 5.56 Å². The lowest BCUT2D eigenvalue weighted by molar-refractivity contribution is 0.464. The summed E-state index contributed by atoms with van der Waals surface area (Å²) in [5.74, 6) is 0.174. The third kappa shape index (κ3) is 1.12. The van der Waals surface area contributed by atoms with Gasteiger partial charge in [0.15, 0.2) is 0 Å². The van der Waals surface area contributed by atoms with Crippen LogP contribution in [0.5, 0.6) is 11.5 Å². The van der Waals surface area contributed by atoms with Crippen LogP contribution in [-0.2, 0) is 0 Å². The highest BCUT2D eigenvalue weighted by Crippen LogP contribution is 2.34. The van der Waals surface area contributed by atoms with E-state index < -0.39 is 0 Å². The molecule has 0 bridgehead atoms. The lowest BCUT2D eigenvalue weighted by Gasteiger charge is -2.05. The Kier molecular flexibility index (Phi) is 1.89. The van der Waals surface area contributed by atoms with Crippen LogP contribution in [0, 0.1) is 0 Å². The van der Waals surface area contributed by atoms with Crippen LogP contribution in [0.2, 0.25) is 0 Å². The molecule has 0 spiro atoms. The highest BCUT2D eigenvalue weighted by Gasteiger charge is 2.06. The normalized spacial score (nSPS) is 10.3.